The summed E-state index contributed by atoms with van der Waals surface area (Å²) in [7, 11) is 1.59. The number of rotatable bonds is 4. The van der Waals surface area contributed by atoms with Crippen molar-refractivity contribution in [3.8, 4) is 11.8 Å². The van der Waals surface area contributed by atoms with E-state index in [1.54, 1.807) is 13.2 Å². The van der Waals surface area contributed by atoms with E-state index in [2.05, 4.69) is 22.1 Å². The molecule has 5 nitrogen and oxygen atoms in total. The van der Waals surface area contributed by atoms with Gasteiger partial charge >= 0.3 is 0 Å². The summed E-state index contributed by atoms with van der Waals surface area (Å²) in [6, 6.07) is 1.63. The molecule has 0 fully saturated rings. The summed E-state index contributed by atoms with van der Waals surface area (Å²) < 4.78 is 5.03. The zero-order valence-electron chi connectivity index (χ0n) is 10.4. The van der Waals surface area contributed by atoms with Crippen molar-refractivity contribution >= 4 is 5.91 Å². The summed E-state index contributed by atoms with van der Waals surface area (Å²) in [5, 5.41) is 11.3. The Hall–Kier alpha value is -1.90. The number of aliphatic hydroxyl groups excluding tert-OH is 1. The van der Waals surface area contributed by atoms with Gasteiger partial charge in [-0.25, -0.2) is 0 Å². The fraction of sp³-hybridized carbons (Fsp3) is 0.385. The van der Waals surface area contributed by atoms with Gasteiger partial charge < -0.3 is 15.2 Å². The van der Waals surface area contributed by atoms with Crippen LogP contribution in [0.25, 0.3) is 0 Å². The summed E-state index contributed by atoms with van der Waals surface area (Å²) in [6.45, 7) is 2.07. The van der Waals surface area contributed by atoms with Crippen molar-refractivity contribution in [1.29, 1.82) is 0 Å². The maximum atomic E-state index is 11.8. The first kappa shape index (κ1) is 14.2. The van der Waals surface area contributed by atoms with Gasteiger partial charge in [-0.2, -0.15) is 0 Å². The van der Waals surface area contributed by atoms with Crippen molar-refractivity contribution in [3.63, 3.8) is 0 Å². The molecule has 0 aliphatic heterocycles. The van der Waals surface area contributed by atoms with Crippen LogP contribution in [0.1, 0.15) is 22.8 Å². The number of aromatic nitrogens is 1. The number of pyridine rings is 1. The number of hydrogen-bond acceptors (Lipinski definition) is 4. The summed E-state index contributed by atoms with van der Waals surface area (Å²) in [5.41, 5.74) is 1.03. The average molecular weight is 248 g/mol. The lowest BCUT2D eigenvalue weighted by Gasteiger charge is -2.10. The Morgan fingerprint density at radius 1 is 1.61 bits per heavy atom. The Kier molecular flexibility index (Phi) is 5.85. The van der Waals surface area contributed by atoms with E-state index in [0.29, 0.717) is 17.7 Å². The maximum Gasteiger partial charge on any atom is 0.252 e. The Morgan fingerprint density at radius 2 is 2.39 bits per heavy atom. The highest BCUT2D eigenvalue weighted by Gasteiger charge is 2.07. The van der Waals surface area contributed by atoms with Crippen LogP contribution in [-0.2, 0) is 4.74 Å². The molecule has 1 amide bonds. The van der Waals surface area contributed by atoms with E-state index in [0.717, 1.165) is 0 Å². The van der Waals surface area contributed by atoms with Crippen LogP contribution in [0.4, 0.5) is 0 Å². The van der Waals surface area contributed by atoms with Gasteiger partial charge in [0.1, 0.15) is 6.61 Å². The van der Waals surface area contributed by atoms with Crippen molar-refractivity contribution < 1.29 is 14.6 Å². The van der Waals surface area contributed by atoms with Gasteiger partial charge in [-0.1, -0.05) is 11.8 Å². The van der Waals surface area contributed by atoms with Gasteiger partial charge in [0, 0.05) is 31.6 Å². The van der Waals surface area contributed by atoms with Crippen LogP contribution >= 0.6 is 0 Å². The van der Waals surface area contributed by atoms with Crippen LogP contribution in [0.2, 0.25) is 0 Å². The number of ether oxygens (including phenoxy) is 1. The fourth-order valence-electron chi connectivity index (χ4n) is 1.20. The predicted molar refractivity (Wildman–Crippen MR) is 67.0 cm³/mol. The molecule has 1 heterocycles. The molecule has 1 aromatic rings. The van der Waals surface area contributed by atoms with Crippen LogP contribution in [-0.4, -0.2) is 42.4 Å². The second-order valence-electron chi connectivity index (χ2n) is 3.68. The molecule has 1 aromatic heterocycles. The van der Waals surface area contributed by atoms with Crippen LogP contribution in [0.15, 0.2) is 18.5 Å². The fourth-order valence-corrected chi connectivity index (χ4v) is 1.20. The molecule has 96 valence electrons. The number of hydrogen-bond donors (Lipinski definition) is 2. The molecule has 5 heteroatoms. The Morgan fingerprint density at radius 3 is 3.06 bits per heavy atom. The second kappa shape index (κ2) is 7.43. The average Bonchev–Trinajstić information content (AvgIpc) is 2.42. The van der Waals surface area contributed by atoms with Crippen molar-refractivity contribution in [1.82, 2.24) is 10.3 Å². The lowest BCUT2D eigenvalue weighted by molar-refractivity contribution is 0.0870. The normalized spacial score (nSPS) is 11.3. The minimum absolute atomic E-state index is 0.0423. The molecule has 0 aromatic carbocycles. The van der Waals surface area contributed by atoms with Crippen LogP contribution in [0.5, 0.6) is 0 Å². The first-order chi connectivity index (χ1) is 8.67. The van der Waals surface area contributed by atoms with E-state index >= 15 is 0 Å². The van der Waals surface area contributed by atoms with Crippen molar-refractivity contribution in [2.45, 2.75) is 13.0 Å². The van der Waals surface area contributed by atoms with E-state index in [4.69, 9.17) is 9.84 Å². The molecule has 1 unspecified atom stereocenters. The lowest BCUT2D eigenvalue weighted by atomic mass is 10.2. The zero-order chi connectivity index (χ0) is 13.4. The number of carbonyl (C=O) groups is 1. The van der Waals surface area contributed by atoms with Crippen LogP contribution in [0.3, 0.4) is 0 Å². The predicted octanol–water partition coefficient (Wildman–Crippen LogP) is 0.190. The smallest absolute Gasteiger partial charge is 0.252 e. The van der Waals surface area contributed by atoms with Gasteiger partial charge in [-0.05, 0) is 13.0 Å². The quantitative estimate of drug-likeness (QED) is 0.746. The summed E-state index contributed by atoms with van der Waals surface area (Å²) in [4.78, 5) is 15.7. The molecular formula is C13H16N2O3. The third-order valence-corrected chi connectivity index (χ3v) is 2.26. The third kappa shape index (κ3) is 4.53. The van der Waals surface area contributed by atoms with Crippen molar-refractivity contribution in [3.05, 3.63) is 29.6 Å². The Balaban J connectivity index is 2.68. The van der Waals surface area contributed by atoms with Gasteiger partial charge in [-0.3, -0.25) is 9.78 Å². The number of nitrogens with zero attached hydrogens (tertiary/aromatic N) is 1. The minimum Gasteiger partial charge on any atom is -0.384 e. The molecule has 0 aliphatic rings. The number of nitrogens with one attached hydrogen (secondary N) is 1. The van der Waals surface area contributed by atoms with Gasteiger partial charge in [0.2, 0.25) is 0 Å². The topological polar surface area (TPSA) is 71.5 Å². The van der Waals surface area contributed by atoms with Gasteiger partial charge in [0.15, 0.2) is 0 Å². The second-order valence-corrected chi connectivity index (χ2v) is 3.68. The van der Waals surface area contributed by atoms with Gasteiger partial charge in [-0.15, -0.1) is 0 Å². The first-order valence-electron chi connectivity index (χ1n) is 5.53. The summed E-state index contributed by atoms with van der Waals surface area (Å²) >= 11 is 0. The van der Waals surface area contributed by atoms with Gasteiger partial charge in [0.25, 0.3) is 5.91 Å². The molecule has 0 spiro atoms. The van der Waals surface area contributed by atoms with Crippen LogP contribution < -0.4 is 5.32 Å². The molecule has 0 radical (unpaired) electrons. The molecule has 0 aliphatic carbocycles. The third-order valence-electron chi connectivity index (χ3n) is 2.26. The standard InChI is InChI=1S/C13H16N2O3/c1-10(18-2)7-15-13(17)12-6-11(4-3-5-16)8-14-9-12/h6,8-10,16H,5,7H2,1-2H3,(H,15,17). The number of aliphatic hydroxyl groups is 1. The number of amides is 1. The highest BCUT2D eigenvalue weighted by Crippen LogP contribution is 2.01. The van der Waals surface area contributed by atoms with E-state index in [1.807, 2.05) is 6.92 Å². The van der Waals surface area contributed by atoms with Crippen molar-refractivity contribution in [2.75, 3.05) is 20.3 Å². The SMILES string of the molecule is COC(C)CNC(=O)c1cncc(C#CCO)c1. The molecule has 1 rings (SSSR count). The summed E-state index contributed by atoms with van der Waals surface area (Å²) in [5.74, 6) is 4.98. The van der Waals surface area contributed by atoms with E-state index < -0.39 is 0 Å². The van der Waals surface area contributed by atoms with E-state index in [9.17, 15) is 4.79 Å². The van der Waals surface area contributed by atoms with E-state index in [-0.39, 0.29) is 18.6 Å². The molecule has 0 bridgehead atoms. The highest BCUT2D eigenvalue weighted by molar-refractivity contribution is 5.94. The maximum absolute atomic E-state index is 11.8. The van der Waals surface area contributed by atoms with Crippen LogP contribution in [0, 0.1) is 11.8 Å². The highest BCUT2D eigenvalue weighted by atomic mass is 16.5. The lowest BCUT2D eigenvalue weighted by Crippen LogP contribution is -2.31. The number of methoxy groups -OCH3 is 1. The molecular weight excluding hydrogens is 232 g/mol. The minimum atomic E-state index is -0.223. The Labute approximate surface area is 106 Å². The monoisotopic (exact) mass is 248 g/mol. The Bertz CT molecular complexity index is 463. The van der Waals surface area contributed by atoms with E-state index in [1.165, 1.54) is 12.4 Å². The van der Waals surface area contributed by atoms with Gasteiger partial charge in [0.05, 0.1) is 11.7 Å². The zero-order valence-corrected chi connectivity index (χ0v) is 10.4. The largest absolute Gasteiger partial charge is 0.384 e. The molecule has 0 saturated carbocycles. The first-order valence-corrected chi connectivity index (χ1v) is 5.53. The molecule has 0 saturated heterocycles. The van der Waals surface area contributed by atoms with Crippen molar-refractivity contribution in [2.24, 2.45) is 0 Å². The molecule has 1 atom stereocenters. The number of carbonyl (C=O) groups excluding carboxylic acids is 1. The molecule has 18 heavy (non-hydrogen) atoms. The summed E-state index contributed by atoms with van der Waals surface area (Å²) in [6.07, 6.45) is 2.97. The molecule has 2 N–H and O–H groups in total.